The standard InChI is InChI=1S/C14H24O6S/c1-20-12-8-11(15)10(7-13(12)21(17,18)19)14(16)9-5-3-2-4-6-9/h9-13,15H,2-8H2,1H3,(H,17,18,19). The molecule has 0 bridgehead atoms. The number of ketones is 1. The average Bonchev–Trinajstić information content (AvgIpc) is 2.45. The Bertz CT molecular complexity index is 468. The number of aliphatic hydroxyl groups excluding tert-OH is 1. The maximum Gasteiger partial charge on any atom is 0.270 e. The van der Waals surface area contributed by atoms with Crippen molar-refractivity contribution in [2.45, 2.75) is 62.4 Å². The van der Waals surface area contributed by atoms with Gasteiger partial charge in [-0.3, -0.25) is 9.35 Å². The molecule has 0 heterocycles. The van der Waals surface area contributed by atoms with Crippen LogP contribution < -0.4 is 0 Å². The first-order valence-electron chi connectivity index (χ1n) is 7.55. The molecular weight excluding hydrogens is 296 g/mol. The lowest BCUT2D eigenvalue weighted by atomic mass is 9.74. The van der Waals surface area contributed by atoms with E-state index in [1.807, 2.05) is 0 Å². The second kappa shape index (κ2) is 6.73. The van der Waals surface area contributed by atoms with Crippen LogP contribution in [0.2, 0.25) is 0 Å². The van der Waals surface area contributed by atoms with E-state index in [1.54, 1.807) is 0 Å². The van der Waals surface area contributed by atoms with Crippen molar-refractivity contribution in [3.05, 3.63) is 0 Å². The van der Waals surface area contributed by atoms with Gasteiger partial charge in [0.25, 0.3) is 10.1 Å². The zero-order valence-electron chi connectivity index (χ0n) is 12.3. The van der Waals surface area contributed by atoms with Crippen LogP contribution in [0.1, 0.15) is 44.9 Å². The van der Waals surface area contributed by atoms with Crippen LogP contribution in [0.15, 0.2) is 0 Å². The predicted molar refractivity (Wildman–Crippen MR) is 76.4 cm³/mol. The van der Waals surface area contributed by atoms with Crippen molar-refractivity contribution in [3.8, 4) is 0 Å². The summed E-state index contributed by atoms with van der Waals surface area (Å²) in [5.41, 5.74) is 0. The van der Waals surface area contributed by atoms with Gasteiger partial charge < -0.3 is 9.84 Å². The lowest BCUT2D eigenvalue weighted by molar-refractivity contribution is -0.135. The van der Waals surface area contributed by atoms with E-state index in [4.69, 9.17) is 4.74 Å². The monoisotopic (exact) mass is 320 g/mol. The summed E-state index contributed by atoms with van der Waals surface area (Å²) in [6.45, 7) is 0. The molecule has 6 nitrogen and oxygen atoms in total. The molecule has 4 unspecified atom stereocenters. The third-order valence-corrected chi connectivity index (χ3v) is 6.16. The van der Waals surface area contributed by atoms with E-state index in [0.29, 0.717) is 0 Å². The van der Waals surface area contributed by atoms with Crippen molar-refractivity contribution < 1.29 is 27.6 Å². The van der Waals surface area contributed by atoms with E-state index in [2.05, 4.69) is 0 Å². The number of Topliss-reactive ketones (excluding diaryl/α,β-unsaturated/α-hetero) is 1. The van der Waals surface area contributed by atoms with Gasteiger partial charge in [0.2, 0.25) is 0 Å². The average molecular weight is 320 g/mol. The summed E-state index contributed by atoms with van der Waals surface area (Å²) in [7, 11) is -2.95. The van der Waals surface area contributed by atoms with Crippen molar-refractivity contribution in [3.63, 3.8) is 0 Å². The number of methoxy groups -OCH3 is 1. The third-order valence-electron chi connectivity index (χ3n) is 4.90. The van der Waals surface area contributed by atoms with E-state index in [1.165, 1.54) is 7.11 Å². The van der Waals surface area contributed by atoms with Crippen molar-refractivity contribution in [1.29, 1.82) is 0 Å². The summed E-state index contributed by atoms with van der Waals surface area (Å²) in [4.78, 5) is 12.6. The number of hydrogen-bond acceptors (Lipinski definition) is 5. The van der Waals surface area contributed by atoms with Crippen LogP contribution in [0, 0.1) is 11.8 Å². The van der Waals surface area contributed by atoms with Gasteiger partial charge in [0.1, 0.15) is 11.0 Å². The van der Waals surface area contributed by atoms with E-state index in [0.717, 1.165) is 32.1 Å². The van der Waals surface area contributed by atoms with Gasteiger partial charge in [0, 0.05) is 25.4 Å². The van der Waals surface area contributed by atoms with Gasteiger partial charge in [-0.1, -0.05) is 19.3 Å². The molecule has 0 aliphatic heterocycles. The minimum Gasteiger partial charge on any atom is -0.392 e. The summed E-state index contributed by atoms with van der Waals surface area (Å²) in [5.74, 6) is -0.851. The molecular formula is C14H24O6S. The van der Waals surface area contributed by atoms with Crippen LogP contribution in [-0.4, -0.2) is 48.4 Å². The predicted octanol–water partition coefficient (Wildman–Crippen LogP) is 1.18. The van der Waals surface area contributed by atoms with Gasteiger partial charge in [-0.05, 0) is 19.3 Å². The minimum absolute atomic E-state index is 0.0506. The van der Waals surface area contributed by atoms with E-state index in [9.17, 15) is 22.9 Å². The smallest absolute Gasteiger partial charge is 0.270 e. The van der Waals surface area contributed by atoms with Crippen LogP contribution >= 0.6 is 0 Å². The van der Waals surface area contributed by atoms with Crippen molar-refractivity contribution in [1.82, 2.24) is 0 Å². The summed E-state index contributed by atoms with van der Waals surface area (Å²) in [5, 5.41) is 9.04. The number of ether oxygens (including phenoxy) is 1. The second-order valence-corrected chi connectivity index (χ2v) is 7.85. The first-order chi connectivity index (χ1) is 9.84. The normalized spacial score (nSPS) is 35.6. The molecule has 2 saturated carbocycles. The fourth-order valence-electron chi connectivity index (χ4n) is 3.67. The Hall–Kier alpha value is -0.500. The molecule has 4 atom stereocenters. The molecule has 21 heavy (non-hydrogen) atoms. The molecule has 0 amide bonds. The topological polar surface area (TPSA) is 101 Å². The van der Waals surface area contributed by atoms with Crippen molar-refractivity contribution in [2.75, 3.05) is 7.11 Å². The molecule has 2 aliphatic rings. The maximum absolute atomic E-state index is 12.6. The van der Waals surface area contributed by atoms with Crippen LogP contribution in [0.25, 0.3) is 0 Å². The lowest BCUT2D eigenvalue weighted by Crippen LogP contribution is -2.49. The Morgan fingerprint density at radius 1 is 1.14 bits per heavy atom. The fourth-order valence-corrected chi connectivity index (χ4v) is 4.73. The van der Waals surface area contributed by atoms with Gasteiger partial charge >= 0.3 is 0 Å². The Kier molecular flexibility index (Phi) is 5.40. The zero-order chi connectivity index (χ0) is 15.6. The molecule has 2 aliphatic carbocycles. The number of carbonyl (C=O) groups is 1. The number of carbonyl (C=O) groups excluding carboxylic acids is 1. The Balaban J connectivity index is 2.13. The summed E-state index contributed by atoms with van der Waals surface area (Å²) in [6, 6.07) is 0. The first kappa shape index (κ1) is 16.9. The highest BCUT2D eigenvalue weighted by Crippen LogP contribution is 2.36. The van der Waals surface area contributed by atoms with Gasteiger partial charge in [-0.25, -0.2) is 0 Å². The molecule has 7 heteroatoms. The maximum atomic E-state index is 12.6. The Labute approximate surface area is 125 Å². The van der Waals surface area contributed by atoms with Crippen LogP contribution in [0.4, 0.5) is 0 Å². The highest BCUT2D eigenvalue weighted by molar-refractivity contribution is 7.86. The first-order valence-corrected chi connectivity index (χ1v) is 9.05. The van der Waals surface area contributed by atoms with Crippen molar-refractivity contribution in [2.24, 2.45) is 11.8 Å². The van der Waals surface area contributed by atoms with E-state index >= 15 is 0 Å². The molecule has 0 spiro atoms. The van der Waals surface area contributed by atoms with Crippen molar-refractivity contribution >= 4 is 15.9 Å². The quantitative estimate of drug-likeness (QED) is 0.754. The minimum atomic E-state index is -4.30. The van der Waals surface area contributed by atoms with E-state index < -0.39 is 33.5 Å². The van der Waals surface area contributed by atoms with Crippen LogP contribution in [-0.2, 0) is 19.6 Å². The molecule has 0 aromatic carbocycles. The van der Waals surface area contributed by atoms with Gasteiger partial charge in [-0.15, -0.1) is 0 Å². The molecule has 2 N–H and O–H groups in total. The summed E-state index contributed by atoms with van der Waals surface area (Å²) in [6.07, 6.45) is 3.07. The molecule has 0 radical (unpaired) electrons. The molecule has 0 aromatic rings. The summed E-state index contributed by atoms with van der Waals surface area (Å²) >= 11 is 0. The highest BCUT2D eigenvalue weighted by atomic mass is 32.2. The number of aliphatic hydroxyl groups is 1. The molecule has 0 aromatic heterocycles. The second-order valence-electron chi connectivity index (χ2n) is 6.21. The molecule has 0 saturated heterocycles. The van der Waals surface area contributed by atoms with E-state index in [-0.39, 0.29) is 24.5 Å². The summed E-state index contributed by atoms with van der Waals surface area (Å²) < 4.78 is 37.4. The lowest BCUT2D eigenvalue weighted by Gasteiger charge is -2.38. The Morgan fingerprint density at radius 2 is 1.76 bits per heavy atom. The highest BCUT2D eigenvalue weighted by Gasteiger charge is 2.46. The van der Waals surface area contributed by atoms with Crippen LogP contribution in [0.3, 0.4) is 0 Å². The molecule has 122 valence electrons. The fraction of sp³-hybridized carbons (Fsp3) is 0.929. The third kappa shape index (κ3) is 3.83. The number of rotatable bonds is 4. The van der Waals surface area contributed by atoms with Gasteiger partial charge in [0.05, 0.1) is 12.2 Å². The SMILES string of the molecule is COC1CC(O)C(C(=O)C2CCCCC2)CC1S(=O)(=O)O. The molecule has 2 rings (SSSR count). The molecule has 2 fully saturated rings. The van der Waals surface area contributed by atoms with Gasteiger partial charge in [0.15, 0.2) is 0 Å². The van der Waals surface area contributed by atoms with Gasteiger partial charge in [-0.2, -0.15) is 8.42 Å². The largest absolute Gasteiger partial charge is 0.392 e. The zero-order valence-corrected chi connectivity index (χ0v) is 13.1. The Morgan fingerprint density at radius 3 is 2.29 bits per heavy atom. The van der Waals surface area contributed by atoms with Crippen LogP contribution in [0.5, 0.6) is 0 Å². The number of hydrogen-bond donors (Lipinski definition) is 2.